The Balaban J connectivity index is 1.79. The van der Waals surface area contributed by atoms with Gasteiger partial charge in [-0.1, -0.05) is 0 Å². The predicted octanol–water partition coefficient (Wildman–Crippen LogP) is 1.60. The Morgan fingerprint density at radius 3 is 2.55 bits per heavy atom. The van der Waals surface area contributed by atoms with E-state index >= 15 is 0 Å². The van der Waals surface area contributed by atoms with Gasteiger partial charge in [-0.25, -0.2) is 17.1 Å². The van der Waals surface area contributed by atoms with Crippen molar-refractivity contribution < 1.29 is 17.6 Å². The van der Waals surface area contributed by atoms with Crippen LogP contribution in [0.3, 0.4) is 0 Å². The monoisotopic (exact) mass is 326 g/mol. The molecule has 2 saturated heterocycles. The summed E-state index contributed by atoms with van der Waals surface area (Å²) in [5.74, 6) is -0.285. The molecule has 0 saturated carbocycles. The van der Waals surface area contributed by atoms with E-state index in [1.807, 2.05) is 0 Å². The second-order valence-electron chi connectivity index (χ2n) is 6.12. The van der Waals surface area contributed by atoms with Gasteiger partial charge in [0.2, 0.25) is 15.9 Å². The highest BCUT2D eigenvalue weighted by Crippen LogP contribution is 2.42. The van der Waals surface area contributed by atoms with Crippen LogP contribution in [0, 0.1) is 11.2 Å². The highest BCUT2D eigenvalue weighted by molar-refractivity contribution is 7.89. The minimum atomic E-state index is -3.21. The molecule has 3 rings (SSSR count). The number of anilines is 1. The first-order valence-electron chi connectivity index (χ1n) is 7.39. The fourth-order valence-corrected chi connectivity index (χ4v) is 4.54. The van der Waals surface area contributed by atoms with Gasteiger partial charge in [0, 0.05) is 37.2 Å². The van der Waals surface area contributed by atoms with Crippen molar-refractivity contribution in [3.8, 4) is 0 Å². The summed E-state index contributed by atoms with van der Waals surface area (Å²) in [6.45, 7) is 2.99. The Morgan fingerprint density at radius 1 is 1.23 bits per heavy atom. The molecule has 22 heavy (non-hydrogen) atoms. The number of hydrogen-bond donors (Lipinski definition) is 0. The number of carbonyl (C=O) groups is 1. The zero-order valence-corrected chi connectivity index (χ0v) is 13.3. The lowest BCUT2D eigenvalue weighted by atomic mass is 9.86. The van der Waals surface area contributed by atoms with Crippen molar-refractivity contribution in [1.82, 2.24) is 4.31 Å². The number of carbonyl (C=O) groups excluding carboxylic acids is 1. The molecule has 0 aromatic heterocycles. The third kappa shape index (κ3) is 2.63. The second-order valence-corrected chi connectivity index (χ2v) is 8.37. The molecule has 120 valence electrons. The van der Waals surface area contributed by atoms with Crippen LogP contribution in [0.25, 0.3) is 0 Å². The van der Waals surface area contributed by atoms with Gasteiger partial charge in [-0.2, -0.15) is 0 Å². The Hall–Kier alpha value is -1.47. The highest BCUT2D eigenvalue weighted by atomic mass is 32.2. The minimum Gasteiger partial charge on any atom is -0.312 e. The van der Waals surface area contributed by atoms with Gasteiger partial charge in [0.1, 0.15) is 5.82 Å². The molecule has 0 unspecified atom stereocenters. The first kappa shape index (κ1) is 15.4. The van der Waals surface area contributed by atoms with Crippen molar-refractivity contribution in [3.05, 3.63) is 30.1 Å². The number of halogens is 1. The van der Waals surface area contributed by atoms with Crippen LogP contribution >= 0.6 is 0 Å². The number of benzene rings is 1. The SMILES string of the molecule is CCS(=O)(=O)N1CC[C@@]2(CC(=O)N(c3ccc(F)cc3)C2)C1. The molecule has 0 radical (unpaired) electrons. The molecule has 2 heterocycles. The molecule has 1 amide bonds. The van der Waals surface area contributed by atoms with Gasteiger partial charge in [0.05, 0.1) is 5.75 Å². The minimum absolute atomic E-state index is 0.0256. The van der Waals surface area contributed by atoms with E-state index < -0.39 is 10.0 Å². The third-order valence-corrected chi connectivity index (χ3v) is 6.45. The average Bonchev–Trinajstić information content (AvgIpc) is 3.04. The normalized spacial score (nSPS) is 26.3. The van der Waals surface area contributed by atoms with Gasteiger partial charge in [-0.3, -0.25) is 4.79 Å². The van der Waals surface area contributed by atoms with Crippen molar-refractivity contribution in [2.75, 3.05) is 30.3 Å². The summed E-state index contributed by atoms with van der Waals surface area (Å²) in [6.07, 6.45) is 1.04. The summed E-state index contributed by atoms with van der Waals surface area (Å²) in [4.78, 5) is 14.0. The standard InChI is InChI=1S/C15H19FN2O3S/c1-2-22(20,21)17-8-7-15(10-17)9-14(19)18(11-15)13-5-3-12(16)4-6-13/h3-6H,2,7-11H2,1H3/t15-/m1/s1. The van der Waals surface area contributed by atoms with Crippen molar-refractivity contribution in [1.29, 1.82) is 0 Å². The van der Waals surface area contributed by atoms with E-state index in [0.29, 0.717) is 38.2 Å². The van der Waals surface area contributed by atoms with E-state index in [1.165, 1.54) is 16.4 Å². The van der Waals surface area contributed by atoms with Crippen molar-refractivity contribution in [3.63, 3.8) is 0 Å². The van der Waals surface area contributed by atoms with Crippen molar-refractivity contribution in [2.45, 2.75) is 19.8 Å². The molecule has 0 bridgehead atoms. The molecule has 5 nitrogen and oxygen atoms in total. The van der Waals surface area contributed by atoms with E-state index in [2.05, 4.69) is 0 Å². The van der Waals surface area contributed by atoms with Crippen LogP contribution in [0.5, 0.6) is 0 Å². The summed E-state index contributed by atoms with van der Waals surface area (Å²) in [5, 5.41) is 0. The first-order chi connectivity index (χ1) is 10.4. The van der Waals surface area contributed by atoms with Crippen molar-refractivity contribution >= 4 is 21.6 Å². The molecule has 2 aliphatic rings. The zero-order valence-electron chi connectivity index (χ0n) is 12.5. The lowest BCUT2D eigenvalue weighted by Crippen LogP contribution is -2.34. The van der Waals surface area contributed by atoms with Crippen LogP contribution in [0.1, 0.15) is 19.8 Å². The summed E-state index contributed by atoms with van der Waals surface area (Å²) in [5.41, 5.74) is 0.355. The van der Waals surface area contributed by atoms with Crippen LogP contribution in [0.4, 0.5) is 10.1 Å². The first-order valence-corrected chi connectivity index (χ1v) is 9.00. The van der Waals surface area contributed by atoms with E-state index in [-0.39, 0.29) is 22.9 Å². The van der Waals surface area contributed by atoms with E-state index in [4.69, 9.17) is 0 Å². The largest absolute Gasteiger partial charge is 0.312 e. The average molecular weight is 326 g/mol. The molecule has 7 heteroatoms. The Kier molecular flexibility index (Phi) is 3.72. The quantitative estimate of drug-likeness (QED) is 0.848. The molecule has 1 spiro atoms. The Morgan fingerprint density at radius 2 is 1.91 bits per heavy atom. The van der Waals surface area contributed by atoms with Crippen LogP contribution < -0.4 is 4.90 Å². The fourth-order valence-electron chi connectivity index (χ4n) is 3.34. The molecule has 2 fully saturated rings. The van der Waals surface area contributed by atoms with Crippen molar-refractivity contribution in [2.24, 2.45) is 5.41 Å². The summed E-state index contributed by atoms with van der Waals surface area (Å²) < 4.78 is 38.5. The maximum atomic E-state index is 13.0. The van der Waals surface area contributed by atoms with Crippen LogP contribution in [0.2, 0.25) is 0 Å². The summed E-state index contributed by atoms with van der Waals surface area (Å²) in [6, 6.07) is 5.83. The lowest BCUT2D eigenvalue weighted by molar-refractivity contribution is -0.117. The fraction of sp³-hybridized carbons (Fsp3) is 0.533. The van der Waals surface area contributed by atoms with Crippen LogP contribution in [-0.4, -0.2) is 44.0 Å². The lowest BCUT2D eigenvalue weighted by Gasteiger charge is -2.24. The molecular weight excluding hydrogens is 307 g/mol. The topological polar surface area (TPSA) is 57.7 Å². The molecule has 1 aromatic rings. The Labute approximate surface area is 129 Å². The number of nitrogens with zero attached hydrogens (tertiary/aromatic N) is 2. The highest BCUT2D eigenvalue weighted by Gasteiger charge is 2.49. The maximum Gasteiger partial charge on any atom is 0.227 e. The van der Waals surface area contributed by atoms with Gasteiger partial charge in [0.15, 0.2) is 0 Å². The second kappa shape index (κ2) is 5.31. The van der Waals surface area contributed by atoms with E-state index in [0.717, 1.165) is 0 Å². The van der Waals surface area contributed by atoms with E-state index in [1.54, 1.807) is 24.0 Å². The van der Waals surface area contributed by atoms with Gasteiger partial charge >= 0.3 is 0 Å². The molecule has 1 atom stereocenters. The third-order valence-electron chi connectivity index (χ3n) is 4.62. The van der Waals surface area contributed by atoms with Gasteiger partial charge in [0.25, 0.3) is 0 Å². The molecular formula is C15H19FN2O3S. The van der Waals surface area contributed by atoms with Crippen LogP contribution in [-0.2, 0) is 14.8 Å². The predicted molar refractivity (Wildman–Crippen MR) is 81.5 cm³/mol. The van der Waals surface area contributed by atoms with E-state index in [9.17, 15) is 17.6 Å². The van der Waals surface area contributed by atoms with Gasteiger partial charge < -0.3 is 4.90 Å². The van der Waals surface area contributed by atoms with Crippen LogP contribution in [0.15, 0.2) is 24.3 Å². The summed E-state index contributed by atoms with van der Waals surface area (Å²) in [7, 11) is -3.21. The molecule has 0 N–H and O–H groups in total. The molecule has 0 aliphatic carbocycles. The Bertz CT molecular complexity index is 689. The number of sulfonamides is 1. The number of amides is 1. The summed E-state index contributed by atoms with van der Waals surface area (Å²) >= 11 is 0. The molecule has 1 aromatic carbocycles. The number of rotatable bonds is 3. The molecule has 2 aliphatic heterocycles. The maximum absolute atomic E-state index is 13.0. The zero-order chi connectivity index (χ0) is 16.0. The smallest absolute Gasteiger partial charge is 0.227 e. The van der Waals surface area contributed by atoms with Gasteiger partial charge in [-0.15, -0.1) is 0 Å². The number of hydrogen-bond acceptors (Lipinski definition) is 3. The van der Waals surface area contributed by atoms with Gasteiger partial charge in [-0.05, 0) is 37.6 Å².